The van der Waals surface area contributed by atoms with Crippen LogP contribution in [0.1, 0.15) is 35.2 Å². The molecule has 4 nitrogen and oxygen atoms in total. The maximum Gasteiger partial charge on any atom is 0.211 e. The van der Waals surface area contributed by atoms with Gasteiger partial charge >= 0.3 is 0 Å². The third-order valence-corrected chi connectivity index (χ3v) is 6.93. The molecule has 1 aliphatic carbocycles. The van der Waals surface area contributed by atoms with Crippen molar-refractivity contribution >= 4 is 20.9 Å². The second kappa shape index (κ2) is 7.49. The summed E-state index contributed by atoms with van der Waals surface area (Å²) in [6.07, 6.45) is 3.93. The molecule has 0 saturated heterocycles. The first-order chi connectivity index (χ1) is 13.0. The highest BCUT2D eigenvalue weighted by Gasteiger charge is 2.25. The van der Waals surface area contributed by atoms with Crippen LogP contribution in [0.25, 0.3) is 10.9 Å². The molecule has 1 aliphatic rings. The third-order valence-electron chi connectivity index (χ3n) is 5.41. The fraction of sp³-hybridized carbons (Fsp3) is 0.364. The minimum atomic E-state index is -3.26. The molecule has 0 amide bonds. The van der Waals surface area contributed by atoms with Crippen LogP contribution in [0.15, 0.2) is 48.5 Å². The van der Waals surface area contributed by atoms with Gasteiger partial charge in [-0.3, -0.25) is 0 Å². The number of sulfonamides is 1. The third kappa shape index (κ3) is 4.25. The maximum atomic E-state index is 12.5. The van der Waals surface area contributed by atoms with Crippen molar-refractivity contribution in [1.29, 1.82) is 0 Å². The van der Waals surface area contributed by atoms with E-state index in [4.69, 9.17) is 0 Å². The predicted octanol–water partition coefficient (Wildman–Crippen LogP) is 3.89. The number of rotatable bonds is 6. The molecule has 0 spiro atoms. The summed E-state index contributed by atoms with van der Waals surface area (Å²) in [5.41, 5.74) is 6.10. The normalized spacial score (nSPS) is 17.1. The van der Waals surface area contributed by atoms with Crippen molar-refractivity contribution < 1.29 is 8.42 Å². The molecule has 4 rings (SSSR count). The predicted molar refractivity (Wildman–Crippen MR) is 111 cm³/mol. The molecular formula is C22H26N2O2S. The Labute approximate surface area is 161 Å². The Morgan fingerprint density at radius 2 is 1.96 bits per heavy atom. The number of hydrogen-bond acceptors (Lipinski definition) is 2. The van der Waals surface area contributed by atoms with Crippen LogP contribution in [-0.4, -0.2) is 25.2 Å². The van der Waals surface area contributed by atoms with Crippen molar-refractivity contribution in [2.45, 2.75) is 45.1 Å². The number of aromatic amines is 1. The molecule has 3 aromatic rings. The fourth-order valence-corrected chi connectivity index (χ4v) is 5.41. The van der Waals surface area contributed by atoms with E-state index in [9.17, 15) is 8.42 Å². The molecule has 1 heterocycles. The van der Waals surface area contributed by atoms with Gasteiger partial charge < -0.3 is 4.98 Å². The Bertz CT molecular complexity index is 1040. The lowest BCUT2D eigenvalue weighted by molar-refractivity contribution is 0.505. The second-order valence-corrected chi connectivity index (χ2v) is 9.47. The molecule has 5 heteroatoms. The van der Waals surface area contributed by atoms with Crippen LogP contribution in [0.4, 0.5) is 0 Å². The summed E-state index contributed by atoms with van der Waals surface area (Å²) in [5.74, 6) is 0.179. The molecule has 2 N–H and O–H groups in total. The van der Waals surface area contributed by atoms with Crippen molar-refractivity contribution in [2.75, 3.05) is 5.75 Å². The summed E-state index contributed by atoms with van der Waals surface area (Å²) in [5, 5.41) is 1.23. The molecule has 0 bridgehead atoms. The van der Waals surface area contributed by atoms with E-state index in [-0.39, 0.29) is 11.8 Å². The molecule has 0 fully saturated rings. The van der Waals surface area contributed by atoms with Gasteiger partial charge in [-0.05, 0) is 62.3 Å². The number of aryl methyl sites for hydroxylation is 3. The van der Waals surface area contributed by atoms with E-state index in [1.54, 1.807) is 0 Å². The highest BCUT2D eigenvalue weighted by atomic mass is 32.2. The first-order valence-electron chi connectivity index (χ1n) is 9.64. The van der Waals surface area contributed by atoms with Crippen LogP contribution in [0.3, 0.4) is 0 Å². The minimum absolute atomic E-state index is 0.0151. The van der Waals surface area contributed by atoms with Gasteiger partial charge in [-0.15, -0.1) is 0 Å². The lowest BCUT2D eigenvalue weighted by atomic mass is 9.92. The standard InChI is InChI=1S/C22H26N2O2S/c1-16-9-11-21-19(14-16)20-15-18(10-12-22(20)23-21)24-27(25,26)13-5-8-17-6-3-2-4-7-17/h2-4,6-7,9,11,14,18,23-24H,5,8,10,12-13,15H2,1H3. The molecule has 1 atom stereocenters. The molecule has 0 aliphatic heterocycles. The summed E-state index contributed by atoms with van der Waals surface area (Å²) in [6, 6.07) is 16.5. The van der Waals surface area contributed by atoms with Gasteiger partial charge in [0, 0.05) is 22.6 Å². The van der Waals surface area contributed by atoms with Gasteiger partial charge in [-0.1, -0.05) is 42.0 Å². The van der Waals surface area contributed by atoms with E-state index in [1.807, 2.05) is 30.3 Å². The molecule has 27 heavy (non-hydrogen) atoms. The zero-order valence-corrected chi connectivity index (χ0v) is 16.5. The summed E-state index contributed by atoms with van der Waals surface area (Å²) < 4.78 is 28.0. The van der Waals surface area contributed by atoms with E-state index in [1.165, 1.54) is 27.8 Å². The van der Waals surface area contributed by atoms with E-state index in [0.717, 1.165) is 31.2 Å². The summed E-state index contributed by atoms with van der Waals surface area (Å²) in [4.78, 5) is 3.50. The Hall–Kier alpha value is -2.11. The van der Waals surface area contributed by atoms with Gasteiger partial charge in [0.2, 0.25) is 10.0 Å². The molecular weight excluding hydrogens is 356 g/mol. The monoisotopic (exact) mass is 382 g/mol. The Balaban J connectivity index is 1.40. The van der Waals surface area contributed by atoms with Gasteiger partial charge in [-0.25, -0.2) is 13.1 Å². The topological polar surface area (TPSA) is 62.0 Å². The van der Waals surface area contributed by atoms with Crippen LogP contribution in [-0.2, 0) is 29.3 Å². The van der Waals surface area contributed by atoms with Crippen molar-refractivity contribution in [3.8, 4) is 0 Å². The Morgan fingerprint density at radius 1 is 1.15 bits per heavy atom. The highest BCUT2D eigenvalue weighted by Crippen LogP contribution is 2.30. The summed E-state index contributed by atoms with van der Waals surface area (Å²) >= 11 is 0. The number of benzene rings is 2. The first kappa shape index (κ1) is 18.3. The fourth-order valence-electron chi connectivity index (χ4n) is 4.06. The number of hydrogen-bond donors (Lipinski definition) is 2. The van der Waals surface area contributed by atoms with Crippen LogP contribution in [0, 0.1) is 6.92 Å². The van der Waals surface area contributed by atoms with Crippen molar-refractivity contribution in [1.82, 2.24) is 9.71 Å². The quantitative estimate of drug-likeness (QED) is 0.679. The van der Waals surface area contributed by atoms with Crippen molar-refractivity contribution in [3.63, 3.8) is 0 Å². The zero-order valence-electron chi connectivity index (χ0n) is 15.7. The van der Waals surface area contributed by atoms with E-state index in [0.29, 0.717) is 6.42 Å². The number of nitrogens with one attached hydrogen (secondary N) is 2. The maximum absolute atomic E-state index is 12.5. The van der Waals surface area contributed by atoms with Gasteiger partial charge in [-0.2, -0.15) is 0 Å². The number of H-pyrrole nitrogens is 1. The zero-order chi connectivity index (χ0) is 18.9. The molecule has 0 radical (unpaired) electrons. The van der Waals surface area contributed by atoms with Gasteiger partial charge in [0.15, 0.2) is 0 Å². The summed E-state index contributed by atoms with van der Waals surface area (Å²) in [7, 11) is -3.26. The van der Waals surface area contributed by atoms with Gasteiger partial charge in [0.05, 0.1) is 5.75 Å². The SMILES string of the molecule is Cc1ccc2[nH]c3c(c2c1)CC(NS(=O)(=O)CCCc1ccccc1)CC3. The van der Waals surface area contributed by atoms with Crippen molar-refractivity contribution in [2.24, 2.45) is 0 Å². The van der Waals surface area contributed by atoms with Crippen LogP contribution in [0.5, 0.6) is 0 Å². The van der Waals surface area contributed by atoms with Crippen LogP contribution in [0.2, 0.25) is 0 Å². The lowest BCUT2D eigenvalue weighted by Crippen LogP contribution is -2.40. The minimum Gasteiger partial charge on any atom is -0.358 e. The van der Waals surface area contributed by atoms with E-state index < -0.39 is 10.0 Å². The second-order valence-electron chi connectivity index (χ2n) is 7.60. The molecule has 1 unspecified atom stereocenters. The average molecular weight is 383 g/mol. The van der Waals surface area contributed by atoms with Gasteiger partial charge in [0.25, 0.3) is 0 Å². The molecule has 142 valence electrons. The molecule has 0 saturated carbocycles. The van der Waals surface area contributed by atoms with Gasteiger partial charge in [0.1, 0.15) is 0 Å². The Morgan fingerprint density at radius 3 is 2.78 bits per heavy atom. The first-order valence-corrected chi connectivity index (χ1v) is 11.3. The Kier molecular flexibility index (Phi) is 5.06. The highest BCUT2D eigenvalue weighted by molar-refractivity contribution is 7.89. The average Bonchev–Trinajstić information content (AvgIpc) is 2.99. The summed E-state index contributed by atoms with van der Waals surface area (Å²) in [6.45, 7) is 2.09. The van der Waals surface area contributed by atoms with Crippen LogP contribution >= 0.6 is 0 Å². The van der Waals surface area contributed by atoms with E-state index in [2.05, 4.69) is 34.8 Å². The number of aromatic nitrogens is 1. The lowest BCUT2D eigenvalue weighted by Gasteiger charge is -2.23. The van der Waals surface area contributed by atoms with Crippen molar-refractivity contribution in [3.05, 3.63) is 70.9 Å². The largest absolute Gasteiger partial charge is 0.358 e. The molecule has 1 aromatic heterocycles. The van der Waals surface area contributed by atoms with Crippen LogP contribution < -0.4 is 4.72 Å². The van der Waals surface area contributed by atoms with E-state index >= 15 is 0 Å². The smallest absolute Gasteiger partial charge is 0.211 e. The molecule has 2 aromatic carbocycles. The number of fused-ring (bicyclic) bond motifs is 3.